The summed E-state index contributed by atoms with van der Waals surface area (Å²) >= 11 is 0. The molecule has 7 heteroatoms. The zero-order chi connectivity index (χ0) is 21.5. The number of rotatable bonds is 5. The van der Waals surface area contributed by atoms with Crippen LogP contribution in [0, 0.1) is 5.92 Å². The molecule has 2 aliphatic rings. The second-order valence-corrected chi connectivity index (χ2v) is 8.40. The minimum atomic E-state index is -0.889. The van der Waals surface area contributed by atoms with E-state index in [9.17, 15) is 14.7 Å². The molecule has 2 aromatic heterocycles. The molecular formula is C24H25N3O4. The van der Waals surface area contributed by atoms with Gasteiger partial charge >= 0.3 is 6.09 Å². The molecule has 0 bridgehead atoms. The van der Waals surface area contributed by atoms with Crippen LogP contribution in [-0.4, -0.2) is 45.3 Å². The molecule has 0 atom stereocenters. The molecule has 160 valence electrons. The van der Waals surface area contributed by atoms with E-state index in [1.54, 1.807) is 17.8 Å². The summed E-state index contributed by atoms with van der Waals surface area (Å²) in [7, 11) is 1.75. The number of ether oxygens (including phenoxy) is 1. The van der Waals surface area contributed by atoms with E-state index in [0.717, 1.165) is 33.4 Å². The second kappa shape index (κ2) is 7.65. The fourth-order valence-electron chi connectivity index (χ4n) is 4.15. The minimum absolute atomic E-state index is 0.0656. The molecule has 2 N–H and O–H groups in total. The lowest BCUT2D eigenvalue weighted by Gasteiger charge is -2.24. The van der Waals surface area contributed by atoms with Crippen molar-refractivity contribution in [3.8, 4) is 16.9 Å². The number of fused-ring (bicyclic) bond motifs is 1. The van der Waals surface area contributed by atoms with E-state index in [2.05, 4.69) is 11.1 Å². The second-order valence-electron chi connectivity index (χ2n) is 8.40. The Labute approximate surface area is 179 Å². The Hall–Kier alpha value is -3.48. The smallest absolute Gasteiger partial charge is 0.407 e. The van der Waals surface area contributed by atoms with Crippen molar-refractivity contribution in [1.29, 1.82) is 0 Å². The third kappa shape index (κ3) is 3.71. The summed E-state index contributed by atoms with van der Waals surface area (Å²) in [5, 5.41) is 10.1. The van der Waals surface area contributed by atoms with Gasteiger partial charge in [0.15, 0.2) is 0 Å². The summed E-state index contributed by atoms with van der Waals surface area (Å²) in [6, 6.07) is 8.08. The lowest BCUT2D eigenvalue weighted by atomic mass is 9.94. The van der Waals surface area contributed by atoms with Gasteiger partial charge in [0.1, 0.15) is 11.3 Å². The van der Waals surface area contributed by atoms with E-state index in [1.165, 1.54) is 17.7 Å². The number of aryl methyl sites for hydroxylation is 1. The van der Waals surface area contributed by atoms with Crippen molar-refractivity contribution in [2.24, 2.45) is 13.0 Å². The normalized spacial score (nSPS) is 16.4. The molecule has 7 nitrogen and oxygen atoms in total. The van der Waals surface area contributed by atoms with E-state index >= 15 is 0 Å². The zero-order valence-corrected chi connectivity index (χ0v) is 17.4. The number of H-pyrrole nitrogens is 1. The molecule has 1 fully saturated rings. The number of carboxylic acid groups (broad SMARTS) is 1. The lowest BCUT2D eigenvalue weighted by molar-refractivity contribution is 0.150. The SMILES string of the molecule is Cn1cc(-c2cc(C3=CCN(C(=O)O)CC3)ccc2OCC2CC2)c2cc[nH]c2c1=O. The summed E-state index contributed by atoms with van der Waals surface area (Å²) in [4.78, 5) is 28.2. The molecule has 31 heavy (non-hydrogen) atoms. The average molecular weight is 419 g/mol. The van der Waals surface area contributed by atoms with Crippen molar-refractivity contribution in [3.63, 3.8) is 0 Å². The summed E-state index contributed by atoms with van der Waals surface area (Å²) in [6.45, 7) is 1.57. The number of pyridine rings is 1. The predicted molar refractivity (Wildman–Crippen MR) is 119 cm³/mol. The van der Waals surface area contributed by atoms with Gasteiger partial charge in [-0.25, -0.2) is 4.79 Å². The molecule has 0 radical (unpaired) electrons. The number of benzene rings is 1. The summed E-state index contributed by atoms with van der Waals surface area (Å²) in [5.41, 5.74) is 4.57. The van der Waals surface area contributed by atoms with Gasteiger partial charge in [-0.05, 0) is 54.5 Å². The fourth-order valence-corrected chi connectivity index (χ4v) is 4.15. The van der Waals surface area contributed by atoms with Gasteiger partial charge in [-0.15, -0.1) is 0 Å². The van der Waals surface area contributed by atoms with Gasteiger partial charge in [-0.2, -0.15) is 0 Å². The van der Waals surface area contributed by atoms with Crippen molar-refractivity contribution in [3.05, 3.63) is 58.7 Å². The molecule has 0 saturated heterocycles. The maximum absolute atomic E-state index is 12.5. The Kier molecular flexibility index (Phi) is 4.81. The number of aromatic nitrogens is 2. The third-order valence-corrected chi connectivity index (χ3v) is 6.19. The molecule has 1 aliphatic carbocycles. The van der Waals surface area contributed by atoms with Crippen LogP contribution in [0.15, 0.2) is 47.5 Å². The third-order valence-electron chi connectivity index (χ3n) is 6.19. The molecule has 1 aliphatic heterocycles. The van der Waals surface area contributed by atoms with Crippen molar-refractivity contribution in [1.82, 2.24) is 14.5 Å². The quantitative estimate of drug-likeness (QED) is 0.652. The first kappa shape index (κ1) is 19.5. The molecule has 0 unspecified atom stereocenters. The highest BCUT2D eigenvalue weighted by Gasteiger charge is 2.24. The summed E-state index contributed by atoms with van der Waals surface area (Å²) < 4.78 is 7.79. The number of nitrogens with zero attached hydrogens (tertiary/aromatic N) is 2. The summed E-state index contributed by atoms with van der Waals surface area (Å²) in [6.07, 6.45) is 7.83. The minimum Gasteiger partial charge on any atom is -0.493 e. The van der Waals surface area contributed by atoms with E-state index in [4.69, 9.17) is 4.74 Å². The molecule has 1 saturated carbocycles. The maximum Gasteiger partial charge on any atom is 0.407 e. The maximum atomic E-state index is 12.5. The highest BCUT2D eigenvalue weighted by molar-refractivity contribution is 5.96. The van der Waals surface area contributed by atoms with Gasteiger partial charge in [-0.3, -0.25) is 4.79 Å². The first-order valence-corrected chi connectivity index (χ1v) is 10.6. The Morgan fingerprint density at radius 1 is 1.26 bits per heavy atom. The molecule has 0 spiro atoms. The van der Waals surface area contributed by atoms with Gasteiger partial charge in [0.25, 0.3) is 5.56 Å². The van der Waals surface area contributed by atoms with Crippen LogP contribution in [0.3, 0.4) is 0 Å². The number of aromatic amines is 1. The number of amides is 1. The van der Waals surface area contributed by atoms with Gasteiger partial charge in [0.2, 0.25) is 0 Å². The number of hydrogen-bond acceptors (Lipinski definition) is 3. The van der Waals surface area contributed by atoms with Crippen LogP contribution >= 0.6 is 0 Å². The molecule has 1 amide bonds. The number of carbonyl (C=O) groups is 1. The number of nitrogens with one attached hydrogen (secondary N) is 1. The van der Waals surface area contributed by atoms with E-state index < -0.39 is 6.09 Å². The van der Waals surface area contributed by atoms with Crippen LogP contribution in [0.5, 0.6) is 5.75 Å². The van der Waals surface area contributed by atoms with Crippen LogP contribution in [0.4, 0.5) is 4.79 Å². The van der Waals surface area contributed by atoms with E-state index in [0.29, 0.717) is 37.6 Å². The van der Waals surface area contributed by atoms with Crippen molar-refractivity contribution >= 4 is 22.6 Å². The first-order chi connectivity index (χ1) is 15.0. The van der Waals surface area contributed by atoms with Gasteiger partial charge in [0.05, 0.1) is 6.61 Å². The van der Waals surface area contributed by atoms with Crippen LogP contribution in [0.2, 0.25) is 0 Å². The molecule has 5 rings (SSSR count). The zero-order valence-electron chi connectivity index (χ0n) is 17.4. The first-order valence-electron chi connectivity index (χ1n) is 10.6. The highest BCUT2D eigenvalue weighted by atomic mass is 16.5. The van der Waals surface area contributed by atoms with Crippen molar-refractivity contribution in [2.75, 3.05) is 19.7 Å². The van der Waals surface area contributed by atoms with Crippen LogP contribution in [0.25, 0.3) is 27.6 Å². The Bertz CT molecular complexity index is 1250. The molecule has 1 aromatic carbocycles. The molecule has 3 heterocycles. The number of hydrogen-bond donors (Lipinski definition) is 2. The van der Waals surface area contributed by atoms with Gasteiger partial charge in [-0.1, -0.05) is 12.1 Å². The van der Waals surface area contributed by atoms with Gasteiger partial charge in [0, 0.05) is 49.0 Å². The molecule has 3 aromatic rings. The molecular weight excluding hydrogens is 394 g/mol. The van der Waals surface area contributed by atoms with Crippen LogP contribution in [-0.2, 0) is 7.05 Å². The largest absolute Gasteiger partial charge is 0.493 e. The Balaban J connectivity index is 1.60. The predicted octanol–water partition coefficient (Wildman–Crippen LogP) is 4.09. The fraction of sp³-hybridized carbons (Fsp3) is 0.333. The Morgan fingerprint density at radius 2 is 2.10 bits per heavy atom. The van der Waals surface area contributed by atoms with Gasteiger partial charge < -0.3 is 24.3 Å². The topological polar surface area (TPSA) is 87.6 Å². The standard InChI is InChI=1S/C24H25N3O4/c1-26-13-20(18-6-9-25-22(18)23(26)28)19-12-17(4-5-21(19)31-14-15-2-3-15)16-7-10-27(11-8-16)24(29)30/h4-7,9,12-13,15,25H,2-3,8,10-11,14H2,1H3,(H,29,30). The lowest BCUT2D eigenvalue weighted by Crippen LogP contribution is -2.33. The average Bonchev–Trinajstić information content (AvgIpc) is 3.48. The van der Waals surface area contributed by atoms with E-state index in [-0.39, 0.29) is 5.56 Å². The monoisotopic (exact) mass is 419 g/mol. The van der Waals surface area contributed by atoms with E-state index in [1.807, 2.05) is 30.5 Å². The van der Waals surface area contributed by atoms with Crippen molar-refractivity contribution < 1.29 is 14.6 Å². The summed E-state index contributed by atoms with van der Waals surface area (Å²) in [5.74, 6) is 1.43. The van der Waals surface area contributed by atoms with Crippen LogP contribution < -0.4 is 10.3 Å². The highest BCUT2D eigenvalue weighted by Crippen LogP contribution is 2.38. The van der Waals surface area contributed by atoms with Crippen molar-refractivity contribution in [2.45, 2.75) is 19.3 Å². The Morgan fingerprint density at radius 3 is 2.81 bits per heavy atom. The van der Waals surface area contributed by atoms with Crippen LogP contribution in [0.1, 0.15) is 24.8 Å².